The van der Waals surface area contributed by atoms with Crippen LogP contribution in [-0.2, 0) is 4.79 Å². The number of rotatable bonds is 58. The van der Waals surface area contributed by atoms with E-state index < -0.39 is 12.1 Å². The van der Waals surface area contributed by atoms with E-state index in [0.717, 1.165) is 44.9 Å². The van der Waals surface area contributed by atoms with Gasteiger partial charge in [0.25, 0.3) is 0 Å². The molecule has 0 aromatic heterocycles. The van der Waals surface area contributed by atoms with Crippen LogP contribution in [0.25, 0.3) is 0 Å². The Bertz CT molecular complexity index is 1150. The predicted octanol–water partition coefficient (Wildman–Crippen LogP) is 21.2. The summed E-state index contributed by atoms with van der Waals surface area (Å²) >= 11 is 0. The van der Waals surface area contributed by atoms with Crippen LogP contribution < -0.4 is 5.32 Å². The Hall–Kier alpha value is -1.91. The summed E-state index contributed by atoms with van der Waals surface area (Å²) in [6, 6.07) is -0.647. The van der Waals surface area contributed by atoms with Gasteiger partial charge < -0.3 is 15.5 Å². The quantitative estimate of drug-likeness (QED) is 0.0420. The third kappa shape index (κ3) is 57.0. The Morgan fingerprint density at radius 1 is 0.343 bits per heavy atom. The minimum atomic E-state index is -0.872. The number of aliphatic hydroxyl groups is 2. The smallest absolute Gasteiger partial charge is 0.220 e. The van der Waals surface area contributed by atoms with Crippen molar-refractivity contribution in [2.45, 2.75) is 347 Å². The van der Waals surface area contributed by atoms with Gasteiger partial charge >= 0.3 is 0 Å². The third-order valence-corrected chi connectivity index (χ3v) is 14.5. The number of carbonyl (C=O) groups excluding carboxylic acids is 1. The zero-order valence-corrected chi connectivity index (χ0v) is 47.3. The average Bonchev–Trinajstić information content (AvgIpc) is 3.36. The molecule has 2 unspecified atom stereocenters. The van der Waals surface area contributed by atoms with Crippen molar-refractivity contribution in [3.05, 3.63) is 60.8 Å². The largest absolute Gasteiger partial charge is 0.394 e. The van der Waals surface area contributed by atoms with E-state index in [0.29, 0.717) is 6.42 Å². The van der Waals surface area contributed by atoms with Crippen molar-refractivity contribution in [3.63, 3.8) is 0 Å². The monoisotopic (exact) mass is 978 g/mol. The van der Waals surface area contributed by atoms with Gasteiger partial charge in [-0.2, -0.15) is 0 Å². The number of carbonyl (C=O) groups is 1. The van der Waals surface area contributed by atoms with E-state index in [4.69, 9.17) is 0 Å². The summed E-state index contributed by atoms with van der Waals surface area (Å²) < 4.78 is 0. The van der Waals surface area contributed by atoms with Crippen molar-refractivity contribution in [2.24, 2.45) is 0 Å². The molecule has 0 saturated carbocycles. The van der Waals surface area contributed by atoms with Crippen LogP contribution in [0, 0.1) is 0 Å². The second-order valence-electron chi connectivity index (χ2n) is 21.5. The third-order valence-electron chi connectivity index (χ3n) is 14.5. The first-order valence-corrected chi connectivity index (χ1v) is 31.5. The Labute approximate surface area is 438 Å². The van der Waals surface area contributed by atoms with E-state index in [-0.39, 0.29) is 12.5 Å². The number of amides is 1. The van der Waals surface area contributed by atoms with E-state index in [1.807, 2.05) is 6.08 Å². The van der Waals surface area contributed by atoms with E-state index in [1.165, 1.54) is 270 Å². The Kier molecular flexibility index (Phi) is 59.7. The molecule has 0 radical (unpaired) electrons. The molecule has 0 aromatic carbocycles. The maximum absolute atomic E-state index is 12.5. The molecule has 0 fully saturated rings. The normalized spacial score (nSPS) is 13.1. The molecule has 4 nitrogen and oxygen atoms in total. The molecule has 0 spiro atoms. The molecule has 0 heterocycles. The minimum Gasteiger partial charge on any atom is -0.394 e. The fourth-order valence-corrected chi connectivity index (χ4v) is 9.66. The topological polar surface area (TPSA) is 69.6 Å². The molecule has 0 aliphatic rings. The molecular weight excluding hydrogens is 855 g/mol. The van der Waals surface area contributed by atoms with Gasteiger partial charge in [0.2, 0.25) is 5.91 Å². The number of hydrogen-bond acceptors (Lipinski definition) is 3. The summed E-state index contributed by atoms with van der Waals surface area (Å²) in [4.78, 5) is 12.5. The molecule has 0 aromatic rings. The molecule has 0 saturated heterocycles. The summed E-state index contributed by atoms with van der Waals surface area (Å²) in [6.45, 7) is 4.32. The van der Waals surface area contributed by atoms with Gasteiger partial charge in [0, 0.05) is 6.42 Å². The Morgan fingerprint density at radius 2 is 0.600 bits per heavy atom. The van der Waals surface area contributed by atoms with Gasteiger partial charge in [0.15, 0.2) is 0 Å². The van der Waals surface area contributed by atoms with Crippen molar-refractivity contribution < 1.29 is 15.0 Å². The molecule has 1 amide bonds. The highest BCUT2D eigenvalue weighted by atomic mass is 16.3. The molecular formula is C66H123NO3. The van der Waals surface area contributed by atoms with Gasteiger partial charge in [-0.25, -0.2) is 0 Å². The summed E-state index contributed by atoms with van der Waals surface area (Å²) in [7, 11) is 0. The molecule has 3 N–H and O–H groups in total. The summed E-state index contributed by atoms with van der Waals surface area (Å²) in [5.74, 6) is -0.0749. The second-order valence-corrected chi connectivity index (χ2v) is 21.5. The fourth-order valence-electron chi connectivity index (χ4n) is 9.66. The number of aliphatic hydroxyl groups excluding tert-OH is 2. The van der Waals surface area contributed by atoms with Crippen LogP contribution in [0.4, 0.5) is 0 Å². The van der Waals surface area contributed by atoms with E-state index in [2.05, 4.69) is 67.8 Å². The standard InChI is InChI=1S/C66H123NO3/c1-3-5-7-9-11-13-15-17-19-21-23-24-25-26-27-28-29-30-31-32-33-34-35-36-37-38-39-40-41-42-44-46-48-50-52-54-56-58-60-62-66(70)67-64(63-68)65(69)61-59-57-55-53-51-49-47-45-43-22-20-18-16-14-12-10-8-6-4-2/h29-30,32-33,43,45,51,53,59,61,64-65,68-69H,3-28,31,34-42,44,46-50,52,54-58,60,62-63H2,1-2H3,(H,67,70)/b30-29-,33-32-,45-43+,53-51+,61-59+. The number of allylic oxidation sites excluding steroid dienone is 9. The van der Waals surface area contributed by atoms with Crippen LogP contribution in [-0.4, -0.2) is 34.9 Å². The van der Waals surface area contributed by atoms with E-state index in [9.17, 15) is 15.0 Å². The van der Waals surface area contributed by atoms with Crippen LogP contribution >= 0.6 is 0 Å². The van der Waals surface area contributed by atoms with Crippen molar-refractivity contribution >= 4 is 5.91 Å². The van der Waals surface area contributed by atoms with Gasteiger partial charge in [0.05, 0.1) is 18.8 Å². The molecule has 0 rings (SSSR count). The maximum atomic E-state index is 12.5. The van der Waals surface area contributed by atoms with Crippen LogP contribution in [0.2, 0.25) is 0 Å². The average molecular weight is 979 g/mol. The number of hydrogen-bond donors (Lipinski definition) is 3. The van der Waals surface area contributed by atoms with Gasteiger partial charge in [0.1, 0.15) is 0 Å². The highest BCUT2D eigenvalue weighted by Crippen LogP contribution is 2.17. The van der Waals surface area contributed by atoms with Crippen LogP contribution in [0.5, 0.6) is 0 Å². The number of unbranched alkanes of at least 4 members (excludes halogenated alkanes) is 43. The molecule has 4 heteroatoms. The van der Waals surface area contributed by atoms with E-state index >= 15 is 0 Å². The first-order valence-electron chi connectivity index (χ1n) is 31.5. The first kappa shape index (κ1) is 68.1. The zero-order chi connectivity index (χ0) is 50.6. The lowest BCUT2D eigenvalue weighted by atomic mass is 10.0. The first-order chi connectivity index (χ1) is 34.7. The van der Waals surface area contributed by atoms with E-state index in [1.54, 1.807) is 6.08 Å². The van der Waals surface area contributed by atoms with Crippen molar-refractivity contribution in [2.75, 3.05) is 6.61 Å². The highest BCUT2D eigenvalue weighted by Gasteiger charge is 2.18. The fraction of sp³-hybridized carbons (Fsp3) is 0.833. The van der Waals surface area contributed by atoms with Crippen molar-refractivity contribution in [1.82, 2.24) is 5.32 Å². The summed E-state index contributed by atoms with van der Waals surface area (Å²) in [5.41, 5.74) is 0. The van der Waals surface area contributed by atoms with Crippen LogP contribution in [0.15, 0.2) is 60.8 Å². The minimum absolute atomic E-state index is 0.0749. The highest BCUT2D eigenvalue weighted by molar-refractivity contribution is 5.76. The molecule has 2 atom stereocenters. The van der Waals surface area contributed by atoms with Gasteiger partial charge in [-0.05, 0) is 77.0 Å². The Balaban J connectivity index is 3.47. The Morgan fingerprint density at radius 3 is 0.914 bits per heavy atom. The van der Waals surface area contributed by atoms with Crippen molar-refractivity contribution in [1.29, 1.82) is 0 Å². The predicted molar refractivity (Wildman–Crippen MR) is 313 cm³/mol. The lowest BCUT2D eigenvalue weighted by Crippen LogP contribution is -2.45. The van der Waals surface area contributed by atoms with Crippen LogP contribution in [0.1, 0.15) is 335 Å². The SMILES string of the molecule is CCCCCCCCCCC/C=C/CC/C=C/CC/C=C/C(O)C(CO)NC(=O)CCCCCCCCCCCCCCCCCCC/C=C\C/C=C\CCCCCCCCCCCCCCCCC. The number of nitrogens with one attached hydrogen (secondary N) is 1. The summed E-state index contributed by atoms with van der Waals surface area (Å²) in [6.07, 6.45) is 87.1. The molecule has 0 aliphatic carbocycles. The molecule has 410 valence electrons. The molecule has 0 bridgehead atoms. The van der Waals surface area contributed by atoms with Crippen molar-refractivity contribution in [3.8, 4) is 0 Å². The summed E-state index contributed by atoms with van der Waals surface area (Å²) in [5, 5.41) is 23.1. The lowest BCUT2D eigenvalue weighted by molar-refractivity contribution is -0.123. The molecule has 70 heavy (non-hydrogen) atoms. The van der Waals surface area contributed by atoms with Crippen LogP contribution in [0.3, 0.4) is 0 Å². The molecule has 0 aliphatic heterocycles. The second kappa shape index (κ2) is 61.4. The lowest BCUT2D eigenvalue weighted by Gasteiger charge is -2.19. The van der Waals surface area contributed by atoms with Gasteiger partial charge in [-0.1, -0.05) is 312 Å². The zero-order valence-electron chi connectivity index (χ0n) is 47.3. The van der Waals surface area contributed by atoms with Gasteiger partial charge in [-0.15, -0.1) is 0 Å². The maximum Gasteiger partial charge on any atom is 0.220 e. The van der Waals surface area contributed by atoms with Gasteiger partial charge in [-0.3, -0.25) is 4.79 Å².